The fourth-order valence-electron chi connectivity index (χ4n) is 3.27. The number of rotatable bonds is 4. The monoisotopic (exact) mass is 410 g/mol. The third-order valence-electron chi connectivity index (χ3n) is 4.71. The van der Waals surface area contributed by atoms with Crippen LogP contribution in [0.2, 0.25) is 0 Å². The van der Waals surface area contributed by atoms with Gasteiger partial charge in [-0.1, -0.05) is 18.2 Å². The van der Waals surface area contributed by atoms with E-state index in [2.05, 4.69) is 9.84 Å². The summed E-state index contributed by atoms with van der Waals surface area (Å²) in [6, 6.07) is 11.8. The first-order valence-corrected chi connectivity index (χ1v) is 9.02. The minimum atomic E-state index is -1.01. The summed E-state index contributed by atoms with van der Waals surface area (Å²) in [5.41, 5.74) is 0.822. The van der Waals surface area contributed by atoms with E-state index in [9.17, 15) is 18.4 Å². The minimum Gasteiger partial charge on any atom is -0.463 e. The highest BCUT2D eigenvalue weighted by Gasteiger charge is 2.19. The Bertz CT molecular complexity index is 1340. The summed E-state index contributed by atoms with van der Waals surface area (Å²) in [5, 5.41) is 5.25. The van der Waals surface area contributed by atoms with Gasteiger partial charge >= 0.3 is 5.97 Å². The molecule has 2 aromatic carbocycles. The number of nitrogens with zero attached hydrogens (tertiary/aromatic N) is 2. The maximum atomic E-state index is 13.8. The number of hydrogen-bond acceptors (Lipinski definition) is 5. The zero-order valence-electron chi connectivity index (χ0n) is 16.1. The molecule has 0 aliphatic carbocycles. The van der Waals surface area contributed by atoms with Crippen LogP contribution in [0.5, 0.6) is 0 Å². The number of halogens is 2. The number of aryl methyl sites for hydroxylation is 1. The Hall–Kier alpha value is -3.81. The quantitative estimate of drug-likeness (QED) is 0.474. The van der Waals surface area contributed by atoms with Gasteiger partial charge in [0.2, 0.25) is 5.76 Å². The van der Waals surface area contributed by atoms with Gasteiger partial charge in [0, 0.05) is 16.5 Å². The number of esters is 1. The fourth-order valence-corrected chi connectivity index (χ4v) is 3.27. The van der Waals surface area contributed by atoms with Crippen LogP contribution in [0.3, 0.4) is 0 Å². The van der Waals surface area contributed by atoms with Gasteiger partial charge < -0.3 is 9.15 Å². The average Bonchev–Trinajstić information content (AvgIpc) is 3.11. The number of carbonyl (C=O) groups excluding carboxylic acids is 1. The molecule has 0 saturated carbocycles. The molecular weight excluding hydrogens is 394 g/mol. The van der Waals surface area contributed by atoms with E-state index in [0.29, 0.717) is 33.4 Å². The van der Waals surface area contributed by atoms with E-state index >= 15 is 0 Å². The molecule has 0 unspecified atom stereocenters. The highest BCUT2D eigenvalue weighted by molar-refractivity contribution is 5.93. The molecule has 2 heterocycles. The Morgan fingerprint density at radius 2 is 1.83 bits per heavy atom. The van der Waals surface area contributed by atoms with Crippen molar-refractivity contribution in [2.45, 2.75) is 13.5 Å². The van der Waals surface area contributed by atoms with Crippen molar-refractivity contribution < 1.29 is 22.7 Å². The molecule has 0 spiro atoms. The number of benzene rings is 2. The summed E-state index contributed by atoms with van der Waals surface area (Å²) < 4.78 is 38.6. The zero-order valence-corrected chi connectivity index (χ0v) is 16.1. The van der Waals surface area contributed by atoms with Crippen molar-refractivity contribution in [3.05, 3.63) is 87.6 Å². The second-order valence-corrected chi connectivity index (χ2v) is 6.70. The average molecular weight is 410 g/mol. The van der Waals surface area contributed by atoms with Crippen molar-refractivity contribution in [3.8, 4) is 11.3 Å². The number of hydrogen-bond donors (Lipinski definition) is 0. The largest absolute Gasteiger partial charge is 0.463 e. The van der Waals surface area contributed by atoms with Gasteiger partial charge in [-0.15, -0.1) is 0 Å². The standard InChI is InChI=1S/C22H16F2N2O4/c1-12-9-14(30-20(12)22(28)29-2)11-26-21(27)16-6-4-3-5-15(16)19(25-26)13-7-8-17(23)18(24)10-13/h3-10H,11H2,1-2H3. The second kappa shape index (κ2) is 7.55. The molecule has 0 aliphatic rings. The molecule has 152 valence electrons. The molecule has 2 aromatic heterocycles. The summed E-state index contributed by atoms with van der Waals surface area (Å²) in [7, 11) is 1.24. The van der Waals surface area contributed by atoms with Crippen LogP contribution in [0.4, 0.5) is 8.78 Å². The van der Waals surface area contributed by atoms with Crippen molar-refractivity contribution in [3.63, 3.8) is 0 Å². The third kappa shape index (κ3) is 3.36. The van der Waals surface area contributed by atoms with Crippen molar-refractivity contribution in [2.75, 3.05) is 7.11 Å². The van der Waals surface area contributed by atoms with Gasteiger partial charge in [0.15, 0.2) is 11.6 Å². The Balaban J connectivity index is 1.87. The lowest BCUT2D eigenvalue weighted by atomic mass is 10.0. The lowest BCUT2D eigenvalue weighted by Crippen LogP contribution is -2.24. The normalized spacial score (nSPS) is 11.1. The topological polar surface area (TPSA) is 74.3 Å². The number of methoxy groups -OCH3 is 1. The SMILES string of the molecule is COC(=O)c1oc(Cn2nc(-c3ccc(F)c(F)c3)c3ccccc3c2=O)cc1C. The first kappa shape index (κ1) is 19.5. The summed E-state index contributed by atoms with van der Waals surface area (Å²) in [6.45, 7) is 1.63. The van der Waals surface area contributed by atoms with E-state index in [0.717, 1.165) is 16.8 Å². The number of ether oxygens (including phenoxy) is 1. The smallest absolute Gasteiger partial charge is 0.374 e. The Morgan fingerprint density at radius 1 is 1.10 bits per heavy atom. The molecule has 0 amide bonds. The summed E-state index contributed by atoms with van der Waals surface area (Å²) in [5.74, 6) is -2.24. The summed E-state index contributed by atoms with van der Waals surface area (Å²) in [6.07, 6.45) is 0. The lowest BCUT2D eigenvalue weighted by Gasteiger charge is -2.11. The van der Waals surface area contributed by atoms with E-state index in [1.54, 1.807) is 37.3 Å². The lowest BCUT2D eigenvalue weighted by molar-refractivity contribution is 0.0561. The molecule has 0 radical (unpaired) electrons. The molecule has 0 N–H and O–H groups in total. The van der Waals surface area contributed by atoms with Gasteiger partial charge in [-0.2, -0.15) is 5.10 Å². The maximum Gasteiger partial charge on any atom is 0.374 e. The molecule has 0 atom stereocenters. The van der Waals surface area contributed by atoms with Gasteiger partial charge in [-0.05, 0) is 37.3 Å². The Kier molecular flexibility index (Phi) is 4.91. The van der Waals surface area contributed by atoms with Crippen LogP contribution < -0.4 is 5.56 Å². The molecular formula is C22H16F2N2O4. The Labute approximate surface area is 169 Å². The first-order valence-electron chi connectivity index (χ1n) is 9.02. The van der Waals surface area contributed by atoms with Gasteiger partial charge in [0.1, 0.15) is 12.3 Å². The highest BCUT2D eigenvalue weighted by Crippen LogP contribution is 2.26. The van der Waals surface area contributed by atoms with Crippen molar-refractivity contribution in [2.24, 2.45) is 0 Å². The van der Waals surface area contributed by atoms with Gasteiger partial charge in [-0.3, -0.25) is 4.79 Å². The van der Waals surface area contributed by atoms with Crippen molar-refractivity contribution in [1.82, 2.24) is 9.78 Å². The number of furan rings is 1. The fraction of sp³-hybridized carbons (Fsp3) is 0.136. The predicted molar refractivity (Wildman–Crippen MR) is 105 cm³/mol. The summed E-state index contributed by atoms with van der Waals surface area (Å²) >= 11 is 0. The predicted octanol–water partition coefficient (Wildman–Crippen LogP) is 4.08. The van der Waals surface area contributed by atoms with Crippen LogP contribution in [-0.4, -0.2) is 22.9 Å². The van der Waals surface area contributed by atoms with E-state index in [1.807, 2.05) is 0 Å². The molecule has 4 aromatic rings. The van der Waals surface area contributed by atoms with Crippen molar-refractivity contribution >= 4 is 16.7 Å². The number of carbonyl (C=O) groups is 1. The Morgan fingerprint density at radius 3 is 2.53 bits per heavy atom. The van der Waals surface area contributed by atoms with E-state index in [-0.39, 0.29) is 17.9 Å². The van der Waals surface area contributed by atoms with Crippen LogP contribution in [0.15, 0.2) is 57.7 Å². The van der Waals surface area contributed by atoms with Crippen LogP contribution in [-0.2, 0) is 11.3 Å². The molecule has 0 fully saturated rings. The molecule has 30 heavy (non-hydrogen) atoms. The van der Waals surface area contributed by atoms with E-state index < -0.39 is 17.6 Å². The van der Waals surface area contributed by atoms with E-state index in [4.69, 9.17) is 4.42 Å². The zero-order chi connectivity index (χ0) is 21.4. The molecule has 0 saturated heterocycles. The second-order valence-electron chi connectivity index (χ2n) is 6.70. The number of fused-ring (bicyclic) bond motifs is 1. The van der Waals surface area contributed by atoms with Gasteiger partial charge in [-0.25, -0.2) is 18.3 Å². The maximum absolute atomic E-state index is 13.8. The van der Waals surface area contributed by atoms with Gasteiger partial charge in [0.25, 0.3) is 5.56 Å². The van der Waals surface area contributed by atoms with E-state index in [1.165, 1.54) is 13.2 Å². The van der Waals surface area contributed by atoms with Crippen LogP contribution in [0, 0.1) is 18.6 Å². The van der Waals surface area contributed by atoms with Gasteiger partial charge in [0.05, 0.1) is 18.2 Å². The molecule has 6 nitrogen and oxygen atoms in total. The third-order valence-corrected chi connectivity index (χ3v) is 4.71. The first-order chi connectivity index (χ1) is 14.4. The van der Waals surface area contributed by atoms with Crippen molar-refractivity contribution in [1.29, 1.82) is 0 Å². The van der Waals surface area contributed by atoms with Crippen LogP contribution in [0.1, 0.15) is 21.9 Å². The molecule has 8 heteroatoms. The molecule has 4 rings (SSSR count). The minimum absolute atomic E-state index is 0.0437. The molecule has 0 bridgehead atoms. The van der Waals surface area contributed by atoms with Crippen LogP contribution in [0.25, 0.3) is 22.0 Å². The van der Waals surface area contributed by atoms with Crippen LogP contribution >= 0.6 is 0 Å². The highest BCUT2D eigenvalue weighted by atomic mass is 19.2. The number of aromatic nitrogens is 2. The molecule has 0 aliphatic heterocycles. The summed E-state index contributed by atoms with van der Waals surface area (Å²) in [4.78, 5) is 24.7.